The Kier molecular flexibility index (Phi) is 5.48. The van der Waals surface area contributed by atoms with Crippen LogP contribution in [0, 0.1) is 0 Å². The Morgan fingerprint density at radius 1 is 1.38 bits per heavy atom. The highest BCUT2D eigenvalue weighted by Gasteiger charge is 2.26. The molecule has 0 bridgehead atoms. The highest BCUT2D eigenvalue weighted by Crippen LogP contribution is 2.27. The van der Waals surface area contributed by atoms with E-state index in [-0.39, 0.29) is 5.91 Å². The highest BCUT2D eigenvalue weighted by atomic mass is 35.5. The van der Waals surface area contributed by atoms with Gasteiger partial charge in [-0.15, -0.1) is 0 Å². The van der Waals surface area contributed by atoms with Crippen molar-refractivity contribution in [2.24, 2.45) is 0 Å². The summed E-state index contributed by atoms with van der Waals surface area (Å²) in [7, 11) is 0. The first-order valence-electron chi connectivity index (χ1n) is 7.44. The first-order valence-corrected chi connectivity index (χ1v) is 7.82. The number of ether oxygens (including phenoxy) is 1. The summed E-state index contributed by atoms with van der Waals surface area (Å²) in [5.41, 5.74) is 1.09. The number of carbonyl (C=O) groups is 1. The first-order chi connectivity index (χ1) is 9.95. The summed E-state index contributed by atoms with van der Waals surface area (Å²) >= 11 is 6.23. The number of hydrogen-bond acceptors (Lipinski definition) is 3. The Morgan fingerprint density at radius 2 is 2.10 bits per heavy atom. The SMILES string of the molecule is CC(C)NCc1ccc(OC(C)C(=O)NC2CC2)c(Cl)c1. The van der Waals surface area contributed by atoms with Crippen molar-refractivity contribution in [3.63, 3.8) is 0 Å². The third-order valence-corrected chi connectivity index (χ3v) is 3.60. The van der Waals surface area contributed by atoms with Crippen molar-refractivity contribution in [3.8, 4) is 5.75 Å². The van der Waals surface area contributed by atoms with E-state index in [1.807, 2.05) is 18.2 Å². The fourth-order valence-electron chi connectivity index (χ4n) is 1.86. The van der Waals surface area contributed by atoms with Gasteiger partial charge >= 0.3 is 0 Å². The molecular weight excluding hydrogens is 288 g/mol. The molecule has 21 heavy (non-hydrogen) atoms. The average molecular weight is 311 g/mol. The lowest BCUT2D eigenvalue weighted by molar-refractivity contribution is -0.127. The molecule has 1 aliphatic carbocycles. The second kappa shape index (κ2) is 7.14. The van der Waals surface area contributed by atoms with Gasteiger partial charge in [0.2, 0.25) is 0 Å². The van der Waals surface area contributed by atoms with Crippen LogP contribution in [-0.2, 0) is 11.3 Å². The largest absolute Gasteiger partial charge is 0.479 e. The Balaban J connectivity index is 1.91. The molecule has 0 heterocycles. The molecule has 1 aliphatic rings. The lowest BCUT2D eigenvalue weighted by Gasteiger charge is -2.16. The number of nitrogens with one attached hydrogen (secondary N) is 2. The first kappa shape index (κ1) is 16.1. The van der Waals surface area contributed by atoms with Crippen molar-refractivity contribution in [3.05, 3.63) is 28.8 Å². The molecule has 1 aromatic rings. The van der Waals surface area contributed by atoms with Crippen LogP contribution in [-0.4, -0.2) is 24.1 Å². The third kappa shape index (κ3) is 5.21. The van der Waals surface area contributed by atoms with Gasteiger partial charge < -0.3 is 15.4 Å². The minimum atomic E-state index is -0.539. The van der Waals surface area contributed by atoms with Crippen LogP contribution < -0.4 is 15.4 Å². The molecule has 116 valence electrons. The molecule has 5 heteroatoms. The average Bonchev–Trinajstić information content (AvgIpc) is 3.22. The number of benzene rings is 1. The molecule has 1 amide bonds. The van der Waals surface area contributed by atoms with Crippen LogP contribution in [0.3, 0.4) is 0 Å². The van der Waals surface area contributed by atoms with E-state index in [0.29, 0.717) is 22.9 Å². The van der Waals surface area contributed by atoms with Gasteiger partial charge in [0.15, 0.2) is 6.10 Å². The number of carbonyl (C=O) groups excluding carboxylic acids is 1. The minimum Gasteiger partial charge on any atom is -0.479 e. The normalized spacial score (nSPS) is 15.9. The molecule has 1 aromatic carbocycles. The third-order valence-electron chi connectivity index (χ3n) is 3.31. The summed E-state index contributed by atoms with van der Waals surface area (Å²) in [6.07, 6.45) is 1.59. The fourth-order valence-corrected chi connectivity index (χ4v) is 2.11. The molecule has 1 saturated carbocycles. The van der Waals surface area contributed by atoms with Gasteiger partial charge in [0.25, 0.3) is 5.91 Å². The predicted molar refractivity (Wildman–Crippen MR) is 84.7 cm³/mol. The monoisotopic (exact) mass is 310 g/mol. The highest BCUT2D eigenvalue weighted by molar-refractivity contribution is 6.32. The Hall–Kier alpha value is -1.26. The molecule has 0 saturated heterocycles. The number of halogens is 1. The van der Waals surface area contributed by atoms with Crippen LogP contribution in [0.25, 0.3) is 0 Å². The van der Waals surface area contributed by atoms with E-state index in [0.717, 1.165) is 24.9 Å². The van der Waals surface area contributed by atoms with Gasteiger partial charge in [0, 0.05) is 18.6 Å². The maximum atomic E-state index is 11.9. The molecule has 2 N–H and O–H groups in total. The number of hydrogen-bond donors (Lipinski definition) is 2. The molecule has 1 fully saturated rings. The molecular formula is C16H23ClN2O2. The number of rotatable bonds is 7. The van der Waals surface area contributed by atoms with Gasteiger partial charge in [-0.05, 0) is 37.5 Å². The summed E-state index contributed by atoms with van der Waals surface area (Å²) in [4.78, 5) is 11.9. The van der Waals surface area contributed by atoms with E-state index < -0.39 is 6.10 Å². The van der Waals surface area contributed by atoms with E-state index in [4.69, 9.17) is 16.3 Å². The van der Waals surface area contributed by atoms with Crippen LogP contribution in [0.5, 0.6) is 5.75 Å². The zero-order chi connectivity index (χ0) is 15.4. The summed E-state index contributed by atoms with van der Waals surface area (Å²) < 4.78 is 5.65. The Labute approximate surface area is 131 Å². The van der Waals surface area contributed by atoms with Crippen LogP contribution >= 0.6 is 11.6 Å². The van der Waals surface area contributed by atoms with E-state index in [1.54, 1.807) is 6.92 Å². The lowest BCUT2D eigenvalue weighted by atomic mass is 10.2. The second-order valence-corrected chi connectivity index (χ2v) is 6.25. The summed E-state index contributed by atoms with van der Waals surface area (Å²) in [6.45, 7) is 6.69. The molecule has 1 atom stereocenters. The van der Waals surface area contributed by atoms with Gasteiger partial charge in [-0.3, -0.25) is 4.79 Å². The fraction of sp³-hybridized carbons (Fsp3) is 0.562. The van der Waals surface area contributed by atoms with Crippen molar-refractivity contribution in [1.82, 2.24) is 10.6 Å². The molecule has 1 unspecified atom stereocenters. The Bertz CT molecular complexity index is 501. The van der Waals surface area contributed by atoms with Gasteiger partial charge in [0.1, 0.15) is 5.75 Å². The summed E-state index contributed by atoms with van der Waals surface area (Å²) in [6, 6.07) is 6.41. The maximum Gasteiger partial charge on any atom is 0.260 e. The van der Waals surface area contributed by atoms with Gasteiger partial charge in [-0.1, -0.05) is 31.5 Å². The van der Waals surface area contributed by atoms with E-state index in [2.05, 4.69) is 24.5 Å². The molecule has 2 rings (SSSR count). The van der Waals surface area contributed by atoms with E-state index in [1.165, 1.54) is 0 Å². The van der Waals surface area contributed by atoms with Crippen LogP contribution in [0.1, 0.15) is 39.2 Å². The Morgan fingerprint density at radius 3 is 2.67 bits per heavy atom. The van der Waals surface area contributed by atoms with Crippen molar-refractivity contribution in [2.45, 2.75) is 58.3 Å². The maximum absolute atomic E-state index is 11.9. The van der Waals surface area contributed by atoms with E-state index in [9.17, 15) is 4.79 Å². The topological polar surface area (TPSA) is 50.4 Å². The van der Waals surface area contributed by atoms with Crippen molar-refractivity contribution in [2.75, 3.05) is 0 Å². The predicted octanol–water partition coefficient (Wildman–Crippen LogP) is 2.88. The van der Waals surface area contributed by atoms with E-state index >= 15 is 0 Å². The van der Waals surface area contributed by atoms with Crippen molar-refractivity contribution in [1.29, 1.82) is 0 Å². The molecule has 0 radical (unpaired) electrons. The van der Waals surface area contributed by atoms with Gasteiger partial charge in [-0.25, -0.2) is 0 Å². The quantitative estimate of drug-likeness (QED) is 0.814. The van der Waals surface area contributed by atoms with Crippen LogP contribution in [0.4, 0.5) is 0 Å². The summed E-state index contributed by atoms with van der Waals surface area (Å²) in [5, 5.41) is 6.78. The molecule has 0 aromatic heterocycles. The van der Waals surface area contributed by atoms with Gasteiger partial charge in [-0.2, -0.15) is 0 Å². The minimum absolute atomic E-state index is 0.0842. The zero-order valence-corrected chi connectivity index (χ0v) is 13.5. The van der Waals surface area contributed by atoms with Crippen LogP contribution in [0.15, 0.2) is 18.2 Å². The van der Waals surface area contributed by atoms with Crippen molar-refractivity contribution >= 4 is 17.5 Å². The summed E-state index contributed by atoms with van der Waals surface area (Å²) in [5.74, 6) is 0.461. The lowest BCUT2D eigenvalue weighted by Crippen LogP contribution is -2.37. The molecule has 0 spiro atoms. The van der Waals surface area contributed by atoms with Crippen LogP contribution in [0.2, 0.25) is 5.02 Å². The van der Waals surface area contributed by atoms with Crippen molar-refractivity contribution < 1.29 is 9.53 Å². The number of amides is 1. The smallest absolute Gasteiger partial charge is 0.260 e. The zero-order valence-electron chi connectivity index (χ0n) is 12.8. The molecule has 0 aliphatic heterocycles. The molecule has 4 nitrogen and oxygen atoms in total. The standard InChI is InChI=1S/C16H23ClN2O2/c1-10(2)18-9-12-4-7-15(14(17)8-12)21-11(3)16(20)19-13-5-6-13/h4,7-8,10-11,13,18H,5-6,9H2,1-3H3,(H,19,20). The second-order valence-electron chi connectivity index (χ2n) is 5.84. The van der Waals surface area contributed by atoms with Gasteiger partial charge in [0.05, 0.1) is 5.02 Å².